The predicted molar refractivity (Wildman–Crippen MR) is 69.8 cm³/mol. The Bertz CT molecular complexity index is 353. The number of rotatable bonds is 4. The highest BCUT2D eigenvalue weighted by Gasteiger charge is 2.18. The van der Waals surface area contributed by atoms with Crippen LogP contribution in [0.4, 0.5) is 0 Å². The van der Waals surface area contributed by atoms with E-state index in [-0.39, 0.29) is 11.9 Å². The maximum atomic E-state index is 11.7. The van der Waals surface area contributed by atoms with Crippen LogP contribution in [0.3, 0.4) is 0 Å². The lowest BCUT2D eigenvalue weighted by Gasteiger charge is -2.29. The number of nitrogens with zero attached hydrogens (tertiary/aromatic N) is 1. The smallest absolute Gasteiger partial charge is 0.234 e. The highest BCUT2D eigenvalue weighted by molar-refractivity contribution is 7.09. The zero-order valence-corrected chi connectivity index (χ0v) is 10.7. The van der Waals surface area contributed by atoms with E-state index in [2.05, 4.69) is 10.2 Å². The normalized spacial score (nSPS) is 21.4. The number of carbonyl (C=O) groups excluding carboxylic acids is 1. The molecular formula is C12H19N3OS. The van der Waals surface area contributed by atoms with Crippen LogP contribution in [0.25, 0.3) is 0 Å². The molecule has 0 radical (unpaired) electrons. The molecule has 1 saturated heterocycles. The highest BCUT2D eigenvalue weighted by Crippen LogP contribution is 2.09. The summed E-state index contributed by atoms with van der Waals surface area (Å²) in [6, 6.07) is 4.26. The van der Waals surface area contributed by atoms with Crippen molar-refractivity contribution in [2.24, 2.45) is 5.73 Å². The van der Waals surface area contributed by atoms with Crippen LogP contribution in [0.15, 0.2) is 17.5 Å². The largest absolute Gasteiger partial charge is 0.350 e. The second-order valence-corrected chi connectivity index (χ2v) is 5.53. The van der Waals surface area contributed by atoms with Gasteiger partial charge in [0, 0.05) is 17.5 Å². The predicted octanol–water partition coefficient (Wildman–Crippen LogP) is 0.787. The number of hydrogen-bond donors (Lipinski definition) is 2. The van der Waals surface area contributed by atoms with Crippen LogP contribution in [0.2, 0.25) is 0 Å². The number of nitrogens with two attached hydrogens (primary N) is 1. The summed E-state index contributed by atoms with van der Waals surface area (Å²) in [5, 5.41) is 4.96. The molecular weight excluding hydrogens is 234 g/mol. The van der Waals surface area contributed by atoms with Crippen LogP contribution in [-0.4, -0.2) is 36.5 Å². The summed E-state index contributed by atoms with van der Waals surface area (Å²) in [4.78, 5) is 15.0. The van der Waals surface area contributed by atoms with Gasteiger partial charge < -0.3 is 11.1 Å². The van der Waals surface area contributed by atoms with Crippen LogP contribution < -0.4 is 11.1 Å². The number of nitrogens with one attached hydrogen (secondary N) is 1. The Morgan fingerprint density at radius 2 is 2.53 bits per heavy atom. The number of hydrogen-bond acceptors (Lipinski definition) is 4. The summed E-state index contributed by atoms with van der Waals surface area (Å²) < 4.78 is 0. The van der Waals surface area contributed by atoms with Crippen molar-refractivity contribution in [3.63, 3.8) is 0 Å². The molecule has 2 heterocycles. The van der Waals surface area contributed by atoms with Gasteiger partial charge in [-0.05, 0) is 30.8 Å². The van der Waals surface area contributed by atoms with Gasteiger partial charge >= 0.3 is 0 Å². The molecule has 1 aliphatic heterocycles. The van der Waals surface area contributed by atoms with Crippen molar-refractivity contribution in [3.05, 3.63) is 22.4 Å². The second kappa shape index (κ2) is 6.14. The average Bonchev–Trinajstić information content (AvgIpc) is 2.79. The minimum Gasteiger partial charge on any atom is -0.350 e. The summed E-state index contributed by atoms with van der Waals surface area (Å²) in [7, 11) is 0. The Morgan fingerprint density at radius 1 is 1.65 bits per heavy atom. The first-order chi connectivity index (χ1) is 8.24. The van der Waals surface area contributed by atoms with Crippen molar-refractivity contribution in [1.29, 1.82) is 0 Å². The van der Waals surface area contributed by atoms with Crippen LogP contribution in [0.1, 0.15) is 17.7 Å². The quantitative estimate of drug-likeness (QED) is 0.834. The molecule has 94 valence electrons. The van der Waals surface area contributed by atoms with Gasteiger partial charge in [-0.2, -0.15) is 0 Å². The highest BCUT2D eigenvalue weighted by atomic mass is 32.1. The van der Waals surface area contributed by atoms with E-state index >= 15 is 0 Å². The maximum Gasteiger partial charge on any atom is 0.234 e. The van der Waals surface area contributed by atoms with E-state index in [4.69, 9.17) is 5.73 Å². The van der Waals surface area contributed by atoms with Gasteiger partial charge in [-0.3, -0.25) is 9.69 Å². The molecule has 1 aliphatic rings. The van der Waals surface area contributed by atoms with Gasteiger partial charge in [-0.25, -0.2) is 0 Å². The van der Waals surface area contributed by atoms with E-state index in [1.54, 1.807) is 11.3 Å². The number of carbonyl (C=O) groups is 1. The third-order valence-corrected chi connectivity index (χ3v) is 3.83. The molecule has 5 heteroatoms. The van der Waals surface area contributed by atoms with Crippen LogP contribution in [-0.2, 0) is 11.3 Å². The standard InChI is InChI=1S/C12H19N3OS/c13-10-3-1-5-15(8-10)9-12(16)14-7-11-4-2-6-17-11/h2,4,6,10H,1,3,5,7-9,13H2,(H,14,16). The minimum absolute atomic E-state index is 0.0903. The number of amides is 1. The zero-order valence-electron chi connectivity index (χ0n) is 9.89. The summed E-state index contributed by atoms with van der Waals surface area (Å²) >= 11 is 1.66. The fourth-order valence-electron chi connectivity index (χ4n) is 2.09. The van der Waals surface area contributed by atoms with E-state index in [0.717, 1.165) is 25.9 Å². The molecule has 1 amide bonds. The van der Waals surface area contributed by atoms with Crippen molar-refractivity contribution in [3.8, 4) is 0 Å². The zero-order chi connectivity index (χ0) is 12.1. The Hall–Kier alpha value is -0.910. The first-order valence-electron chi connectivity index (χ1n) is 6.01. The maximum absolute atomic E-state index is 11.7. The van der Waals surface area contributed by atoms with Crippen LogP contribution in [0, 0.1) is 0 Å². The number of piperidine rings is 1. The van der Waals surface area contributed by atoms with Crippen LogP contribution >= 0.6 is 11.3 Å². The van der Waals surface area contributed by atoms with Crippen LogP contribution in [0.5, 0.6) is 0 Å². The van der Waals surface area contributed by atoms with E-state index in [0.29, 0.717) is 13.1 Å². The molecule has 1 fully saturated rings. The van der Waals surface area contributed by atoms with Gasteiger partial charge in [0.25, 0.3) is 0 Å². The van der Waals surface area contributed by atoms with E-state index in [9.17, 15) is 4.79 Å². The monoisotopic (exact) mass is 253 g/mol. The molecule has 0 saturated carbocycles. The van der Waals surface area contributed by atoms with Gasteiger partial charge in [-0.1, -0.05) is 6.07 Å². The fourth-order valence-corrected chi connectivity index (χ4v) is 2.74. The molecule has 1 aromatic heterocycles. The molecule has 1 aromatic rings. The number of likely N-dealkylation sites (tertiary alicyclic amines) is 1. The van der Waals surface area contributed by atoms with Crippen molar-refractivity contribution >= 4 is 17.2 Å². The van der Waals surface area contributed by atoms with Crippen molar-refractivity contribution < 1.29 is 4.79 Å². The summed E-state index contributed by atoms with van der Waals surface area (Å²) in [5.74, 6) is 0.0903. The van der Waals surface area contributed by atoms with Crippen molar-refractivity contribution in [2.75, 3.05) is 19.6 Å². The summed E-state index contributed by atoms with van der Waals surface area (Å²) in [6.07, 6.45) is 2.17. The molecule has 0 bridgehead atoms. The van der Waals surface area contributed by atoms with E-state index in [1.165, 1.54) is 4.88 Å². The lowest BCUT2D eigenvalue weighted by atomic mass is 10.1. The lowest BCUT2D eigenvalue weighted by Crippen LogP contribution is -2.46. The Morgan fingerprint density at radius 3 is 3.24 bits per heavy atom. The van der Waals surface area contributed by atoms with Gasteiger partial charge in [0.15, 0.2) is 0 Å². The molecule has 17 heavy (non-hydrogen) atoms. The average molecular weight is 253 g/mol. The Labute approximate surface area is 106 Å². The van der Waals surface area contributed by atoms with Crippen molar-refractivity contribution in [2.45, 2.75) is 25.4 Å². The molecule has 1 unspecified atom stereocenters. The number of thiophene rings is 1. The van der Waals surface area contributed by atoms with Gasteiger partial charge in [0.2, 0.25) is 5.91 Å². The molecule has 0 aliphatic carbocycles. The fraction of sp³-hybridized carbons (Fsp3) is 0.583. The van der Waals surface area contributed by atoms with Gasteiger partial charge in [-0.15, -0.1) is 11.3 Å². The van der Waals surface area contributed by atoms with Crippen molar-refractivity contribution in [1.82, 2.24) is 10.2 Å². The summed E-state index contributed by atoms with van der Waals surface area (Å²) in [6.45, 7) is 2.93. The van der Waals surface area contributed by atoms with Gasteiger partial charge in [0.1, 0.15) is 0 Å². The Balaban J connectivity index is 1.70. The molecule has 3 N–H and O–H groups in total. The lowest BCUT2D eigenvalue weighted by molar-refractivity contribution is -0.122. The molecule has 4 nitrogen and oxygen atoms in total. The molecule has 0 spiro atoms. The van der Waals surface area contributed by atoms with Gasteiger partial charge in [0.05, 0.1) is 13.1 Å². The minimum atomic E-state index is 0.0903. The third-order valence-electron chi connectivity index (χ3n) is 2.95. The topological polar surface area (TPSA) is 58.4 Å². The molecule has 1 atom stereocenters. The SMILES string of the molecule is NC1CCCN(CC(=O)NCc2cccs2)C1. The Kier molecular flexibility index (Phi) is 4.53. The third kappa shape index (κ3) is 4.11. The molecule has 0 aromatic carbocycles. The summed E-state index contributed by atoms with van der Waals surface area (Å²) in [5.41, 5.74) is 5.88. The van der Waals surface area contributed by atoms with E-state index < -0.39 is 0 Å². The van der Waals surface area contributed by atoms with E-state index in [1.807, 2.05) is 17.5 Å². The first kappa shape index (κ1) is 12.5. The molecule has 2 rings (SSSR count). The second-order valence-electron chi connectivity index (χ2n) is 4.49. The first-order valence-corrected chi connectivity index (χ1v) is 6.89.